The quantitative estimate of drug-likeness (QED) is 0.415. The molecule has 5 nitrogen and oxygen atoms in total. The number of rotatable bonds is 12. The summed E-state index contributed by atoms with van der Waals surface area (Å²) in [7, 11) is 0. The van der Waals surface area contributed by atoms with Gasteiger partial charge in [-0.2, -0.15) is 0 Å². The van der Waals surface area contributed by atoms with Crippen LogP contribution in [0.2, 0.25) is 0 Å². The maximum atomic E-state index is 13.0. The van der Waals surface area contributed by atoms with Gasteiger partial charge in [0.25, 0.3) is 0 Å². The molecule has 1 unspecified atom stereocenters. The fourth-order valence-electron chi connectivity index (χ4n) is 3.14. The van der Waals surface area contributed by atoms with E-state index in [0.29, 0.717) is 32.5 Å². The standard InChI is InChI=1S/C25H33BrN2O3/c1-4-5-15-27-25(30)20(3)28(18-21-8-6-9-22(26)17-21)24(29)10-7-16-31-23-13-11-19(2)12-14-23/h6,8-9,11-14,17,20H,4-5,7,10,15-16,18H2,1-3H3,(H,27,30). The Labute approximate surface area is 194 Å². The third kappa shape index (κ3) is 8.74. The van der Waals surface area contributed by atoms with Crippen LogP contribution in [0.25, 0.3) is 0 Å². The number of ether oxygens (including phenoxy) is 1. The van der Waals surface area contributed by atoms with Crippen LogP contribution in [0.1, 0.15) is 50.7 Å². The summed E-state index contributed by atoms with van der Waals surface area (Å²) in [4.78, 5) is 27.3. The van der Waals surface area contributed by atoms with E-state index in [9.17, 15) is 9.59 Å². The molecule has 2 rings (SSSR count). The summed E-state index contributed by atoms with van der Waals surface area (Å²) >= 11 is 3.48. The summed E-state index contributed by atoms with van der Waals surface area (Å²) in [5.74, 6) is 0.631. The molecule has 0 bridgehead atoms. The van der Waals surface area contributed by atoms with E-state index < -0.39 is 6.04 Å². The lowest BCUT2D eigenvalue weighted by Crippen LogP contribution is -2.47. The lowest BCUT2D eigenvalue weighted by Gasteiger charge is -2.29. The van der Waals surface area contributed by atoms with Crippen molar-refractivity contribution in [3.63, 3.8) is 0 Å². The number of carbonyl (C=O) groups is 2. The van der Waals surface area contributed by atoms with Gasteiger partial charge in [-0.15, -0.1) is 0 Å². The zero-order chi connectivity index (χ0) is 22.6. The molecule has 0 fully saturated rings. The maximum Gasteiger partial charge on any atom is 0.242 e. The van der Waals surface area contributed by atoms with Crippen LogP contribution in [0.3, 0.4) is 0 Å². The molecule has 1 N–H and O–H groups in total. The molecule has 0 aliphatic carbocycles. The van der Waals surface area contributed by atoms with Crippen molar-refractivity contribution in [2.24, 2.45) is 0 Å². The molecule has 0 saturated carbocycles. The van der Waals surface area contributed by atoms with Crippen LogP contribution in [0.5, 0.6) is 5.75 Å². The van der Waals surface area contributed by atoms with Gasteiger partial charge in [0.1, 0.15) is 11.8 Å². The topological polar surface area (TPSA) is 58.6 Å². The molecular formula is C25H33BrN2O3. The van der Waals surface area contributed by atoms with Crippen LogP contribution < -0.4 is 10.1 Å². The molecule has 31 heavy (non-hydrogen) atoms. The average molecular weight is 489 g/mol. The first-order chi connectivity index (χ1) is 14.9. The third-order valence-corrected chi connectivity index (χ3v) is 5.56. The average Bonchev–Trinajstić information content (AvgIpc) is 2.76. The second-order valence-electron chi connectivity index (χ2n) is 7.74. The smallest absolute Gasteiger partial charge is 0.242 e. The number of carbonyl (C=O) groups excluding carboxylic acids is 2. The summed E-state index contributed by atoms with van der Waals surface area (Å²) in [5, 5.41) is 2.94. The molecule has 2 amide bonds. The second kappa shape index (κ2) is 13.2. The Bertz CT molecular complexity index is 839. The van der Waals surface area contributed by atoms with Crippen LogP contribution in [0, 0.1) is 6.92 Å². The van der Waals surface area contributed by atoms with E-state index >= 15 is 0 Å². The monoisotopic (exact) mass is 488 g/mol. The molecule has 0 aromatic heterocycles. The van der Waals surface area contributed by atoms with Crippen LogP contribution in [0.15, 0.2) is 53.0 Å². The Hall–Kier alpha value is -2.34. The van der Waals surface area contributed by atoms with Crippen molar-refractivity contribution in [3.8, 4) is 5.75 Å². The summed E-state index contributed by atoms with van der Waals surface area (Å²) in [6.07, 6.45) is 2.85. The van der Waals surface area contributed by atoms with Gasteiger partial charge in [0, 0.05) is 24.0 Å². The first-order valence-corrected chi connectivity index (χ1v) is 11.7. The first kappa shape index (κ1) is 24.9. The Morgan fingerprint density at radius 1 is 1.13 bits per heavy atom. The number of nitrogens with zero attached hydrogens (tertiary/aromatic N) is 1. The number of hydrogen-bond donors (Lipinski definition) is 1. The molecule has 2 aromatic carbocycles. The molecule has 168 valence electrons. The predicted octanol–water partition coefficient (Wildman–Crippen LogP) is 5.25. The Kier molecular flexibility index (Phi) is 10.6. The minimum Gasteiger partial charge on any atom is -0.494 e. The van der Waals surface area contributed by atoms with Gasteiger partial charge in [-0.25, -0.2) is 0 Å². The molecule has 1 atom stereocenters. The summed E-state index contributed by atoms with van der Waals surface area (Å²) in [6, 6.07) is 15.1. The van der Waals surface area contributed by atoms with Crippen LogP contribution in [0.4, 0.5) is 0 Å². The highest BCUT2D eigenvalue weighted by atomic mass is 79.9. The Morgan fingerprint density at radius 3 is 2.55 bits per heavy atom. The van der Waals surface area contributed by atoms with Gasteiger partial charge in [-0.1, -0.05) is 59.1 Å². The van der Waals surface area contributed by atoms with E-state index in [1.165, 1.54) is 5.56 Å². The molecule has 0 saturated heterocycles. The van der Waals surface area contributed by atoms with E-state index in [2.05, 4.69) is 28.2 Å². The van der Waals surface area contributed by atoms with Crippen molar-refractivity contribution >= 4 is 27.7 Å². The largest absolute Gasteiger partial charge is 0.494 e. The van der Waals surface area contributed by atoms with Gasteiger partial charge in [0.2, 0.25) is 11.8 Å². The van der Waals surface area contributed by atoms with Crippen molar-refractivity contribution in [2.75, 3.05) is 13.2 Å². The maximum absolute atomic E-state index is 13.0. The highest BCUT2D eigenvalue weighted by Gasteiger charge is 2.25. The van der Waals surface area contributed by atoms with Crippen molar-refractivity contribution in [2.45, 2.75) is 59.0 Å². The molecule has 0 heterocycles. The van der Waals surface area contributed by atoms with Crippen molar-refractivity contribution in [1.29, 1.82) is 0 Å². The van der Waals surface area contributed by atoms with Crippen molar-refractivity contribution in [3.05, 3.63) is 64.1 Å². The first-order valence-electron chi connectivity index (χ1n) is 10.9. The molecule has 0 spiro atoms. The van der Waals surface area contributed by atoms with Crippen LogP contribution in [-0.2, 0) is 16.1 Å². The van der Waals surface area contributed by atoms with Gasteiger partial charge < -0.3 is 15.0 Å². The lowest BCUT2D eigenvalue weighted by molar-refractivity contribution is -0.140. The number of halogens is 1. The van der Waals surface area contributed by atoms with Crippen LogP contribution in [-0.4, -0.2) is 35.9 Å². The zero-order valence-electron chi connectivity index (χ0n) is 18.7. The van der Waals surface area contributed by atoms with Gasteiger partial charge in [0.15, 0.2) is 0 Å². The third-order valence-electron chi connectivity index (χ3n) is 5.06. The highest BCUT2D eigenvalue weighted by Crippen LogP contribution is 2.17. The van der Waals surface area contributed by atoms with Crippen LogP contribution >= 0.6 is 15.9 Å². The SMILES string of the molecule is CCCCNC(=O)C(C)N(Cc1cccc(Br)c1)C(=O)CCCOc1ccc(C)cc1. The minimum absolute atomic E-state index is 0.0503. The van der Waals surface area contributed by atoms with E-state index in [4.69, 9.17) is 4.74 Å². The van der Waals surface area contributed by atoms with Crippen molar-refractivity contribution in [1.82, 2.24) is 10.2 Å². The van der Waals surface area contributed by atoms with E-state index in [0.717, 1.165) is 28.6 Å². The number of aryl methyl sites for hydroxylation is 1. The fourth-order valence-corrected chi connectivity index (χ4v) is 3.59. The number of hydrogen-bond acceptors (Lipinski definition) is 3. The van der Waals surface area contributed by atoms with E-state index in [-0.39, 0.29) is 11.8 Å². The molecule has 0 radical (unpaired) electrons. The zero-order valence-corrected chi connectivity index (χ0v) is 20.3. The number of unbranched alkanes of at least 4 members (excludes halogenated alkanes) is 1. The number of amides is 2. The molecule has 6 heteroatoms. The highest BCUT2D eigenvalue weighted by molar-refractivity contribution is 9.10. The minimum atomic E-state index is -0.540. The molecule has 0 aliphatic rings. The predicted molar refractivity (Wildman–Crippen MR) is 128 cm³/mol. The van der Waals surface area contributed by atoms with Gasteiger partial charge in [0.05, 0.1) is 6.61 Å². The summed E-state index contributed by atoms with van der Waals surface area (Å²) in [5.41, 5.74) is 2.16. The Balaban J connectivity index is 1.97. The molecular weight excluding hydrogens is 456 g/mol. The second-order valence-corrected chi connectivity index (χ2v) is 8.65. The summed E-state index contributed by atoms with van der Waals surface area (Å²) < 4.78 is 6.69. The molecule has 0 aliphatic heterocycles. The Morgan fingerprint density at radius 2 is 1.87 bits per heavy atom. The van der Waals surface area contributed by atoms with Gasteiger partial charge >= 0.3 is 0 Å². The van der Waals surface area contributed by atoms with Crippen molar-refractivity contribution < 1.29 is 14.3 Å². The summed E-state index contributed by atoms with van der Waals surface area (Å²) in [6.45, 7) is 7.37. The van der Waals surface area contributed by atoms with Gasteiger partial charge in [-0.3, -0.25) is 9.59 Å². The number of benzene rings is 2. The number of nitrogens with one attached hydrogen (secondary N) is 1. The fraction of sp³-hybridized carbons (Fsp3) is 0.440. The van der Waals surface area contributed by atoms with E-state index in [1.54, 1.807) is 11.8 Å². The van der Waals surface area contributed by atoms with E-state index in [1.807, 2.05) is 55.5 Å². The normalized spacial score (nSPS) is 11.6. The molecule has 2 aromatic rings. The van der Waals surface area contributed by atoms with Gasteiger partial charge in [-0.05, 0) is 56.5 Å². The lowest BCUT2D eigenvalue weighted by atomic mass is 10.1.